The molecule has 12 nitrogen and oxygen atoms in total. The van der Waals surface area contributed by atoms with Crippen LogP contribution in [0.25, 0.3) is 0 Å². The molecule has 0 aliphatic carbocycles. The molecule has 1 aliphatic rings. The van der Waals surface area contributed by atoms with Gasteiger partial charge < -0.3 is 34.3 Å². The van der Waals surface area contributed by atoms with Gasteiger partial charge in [0.2, 0.25) is 0 Å². The number of rotatable bonds is 28. The van der Waals surface area contributed by atoms with Gasteiger partial charge in [-0.1, -0.05) is 89.5 Å². The summed E-state index contributed by atoms with van der Waals surface area (Å²) in [5, 5.41) is 30.6. The Labute approximate surface area is 288 Å². The molecule has 0 aromatic rings. The summed E-state index contributed by atoms with van der Waals surface area (Å²) in [7, 11) is -4.59. The van der Waals surface area contributed by atoms with Crippen LogP contribution >= 0.6 is 0 Å². The van der Waals surface area contributed by atoms with Crippen LogP contribution in [0.2, 0.25) is 0 Å². The summed E-state index contributed by atoms with van der Waals surface area (Å²) < 4.78 is 53.6. The number of esters is 2. The molecule has 280 valence electrons. The highest BCUT2D eigenvalue weighted by Gasteiger charge is 2.46. The van der Waals surface area contributed by atoms with Crippen molar-refractivity contribution >= 4 is 22.1 Å². The Morgan fingerprint density at radius 3 is 1.73 bits per heavy atom. The zero-order valence-electron chi connectivity index (χ0n) is 29.1. The summed E-state index contributed by atoms with van der Waals surface area (Å²) in [4.78, 5) is 25.1. The van der Waals surface area contributed by atoms with Gasteiger partial charge in [-0.15, -0.1) is 0 Å². The number of aliphatic hydroxyl groups is 3. The molecule has 0 amide bonds. The molecule has 0 radical (unpaired) electrons. The van der Waals surface area contributed by atoms with Crippen LogP contribution in [0.4, 0.5) is 0 Å². The van der Waals surface area contributed by atoms with Gasteiger partial charge in [0.15, 0.2) is 12.4 Å². The van der Waals surface area contributed by atoms with Crippen LogP contribution in [-0.2, 0) is 38.7 Å². The van der Waals surface area contributed by atoms with E-state index in [0.717, 1.165) is 89.9 Å². The molecule has 1 aliphatic heterocycles. The zero-order valence-corrected chi connectivity index (χ0v) is 29.9. The molecule has 0 bridgehead atoms. The van der Waals surface area contributed by atoms with Gasteiger partial charge in [-0.2, -0.15) is 8.42 Å². The normalized spacial score (nSPS) is 22.3. The monoisotopic (exact) mass is 706 g/mol. The molecule has 1 fully saturated rings. The zero-order chi connectivity index (χ0) is 35.6. The third-order valence-corrected chi connectivity index (χ3v) is 8.72. The molecular weight excluding hydrogens is 644 g/mol. The van der Waals surface area contributed by atoms with Crippen molar-refractivity contribution < 1.29 is 56.8 Å². The maximum atomic E-state index is 12.6. The number of hydrogen-bond acceptors (Lipinski definition) is 11. The quantitative estimate of drug-likeness (QED) is 0.0355. The largest absolute Gasteiger partial charge is 0.462 e. The van der Waals surface area contributed by atoms with Crippen molar-refractivity contribution in [3.63, 3.8) is 0 Å². The second-order valence-corrected chi connectivity index (χ2v) is 14.0. The van der Waals surface area contributed by atoms with Crippen molar-refractivity contribution in [3.8, 4) is 0 Å². The predicted octanol–water partition coefficient (Wildman–Crippen LogP) is 5.33. The van der Waals surface area contributed by atoms with Crippen molar-refractivity contribution in [2.24, 2.45) is 0 Å². The highest BCUT2D eigenvalue weighted by molar-refractivity contribution is 7.85. The fourth-order valence-electron chi connectivity index (χ4n) is 5.15. The van der Waals surface area contributed by atoms with E-state index in [4.69, 9.17) is 18.9 Å². The number of ether oxygens (including phenoxy) is 4. The lowest BCUT2D eigenvalue weighted by atomic mass is 10.00. The van der Waals surface area contributed by atoms with Crippen molar-refractivity contribution in [2.45, 2.75) is 166 Å². The number of aliphatic hydroxyl groups excluding tert-OH is 3. The van der Waals surface area contributed by atoms with Gasteiger partial charge in [0, 0.05) is 12.8 Å². The minimum Gasteiger partial charge on any atom is -0.462 e. The van der Waals surface area contributed by atoms with E-state index in [0.29, 0.717) is 12.8 Å². The second kappa shape index (κ2) is 26.9. The molecule has 1 heterocycles. The van der Waals surface area contributed by atoms with Crippen molar-refractivity contribution in [1.29, 1.82) is 0 Å². The maximum Gasteiger partial charge on any atom is 0.306 e. The lowest BCUT2D eigenvalue weighted by molar-refractivity contribution is -0.297. The summed E-state index contributed by atoms with van der Waals surface area (Å²) in [6.07, 6.45) is 15.5. The molecule has 4 N–H and O–H groups in total. The standard InChI is InChI=1S/C35H62O12S/c1-3-5-7-9-11-13-15-17-19-21-23-30(36)44-25-28(46-31(37)24-22-20-18-16-14-12-10-8-6-4-2)26-45-35-34(40)33(39)32(38)29(47-35)27-48(41,42)43/h7-10,28-29,32-35,38-40H,3-6,11-27H2,1-2H3,(H,41,42,43)/b9-7-,10-8-. The van der Waals surface area contributed by atoms with E-state index in [9.17, 15) is 37.9 Å². The molecular formula is C35H62O12S. The van der Waals surface area contributed by atoms with Crippen molar-refractivity contribution in [3.05, 3.63) is 24.3 Å². The van der Waals surface area contributed by atoms with Gasteiger partial charge in [0.1, 0.15) is 36.8 Å². The third kappa shape index (κ3) is 22.0. The summed E-state index contributed by atoms with van der Waals surface area (Å²) >= 11 is 0. The molecule has 0 saturated carbocycles. The number of carbonyl (C=O) groups excluding carboxylic acids is 2. The highest BCUT2D eigenvalue weighted by Crippen LogP contribution is 2.24. The minimum atomic E-state index is -4.59. The van der Waals surface area contributed by atoms with Crippen LogP contribution in [0.15, 0.2) is 24.3 Å². The Morgan fingerprint density at radius 1 is 0.688 bits per heavy atom. The van der Waals surface area contributed by atoms with Crippen LogP contribution < -0.4 is 0 Å². The number of allylic oxidation sites excluding steroid dienone is 4. The van der Waals surface area contributed by atoms with E-state index in [1.165, 1.54) is 0 Å². The molecule has 13 heteroatoms. The third-order valence-electron chi connectivity index (χ3n) is 7.97. The van der Waals surface area contributed by atoms with Crippen LogP contribution in [-0.4, -0.2) is 96.0 Å². The Balaban J connectivity index is 2.58. The van der Waals surface area contributed by atoms with Gasteiger partial charge in [-0.05, 0) is 51.4 Å². The first-order valence-corrected chi connectivity index (χ1v) is 19.5. The fourth-order valence-corrected chi connectivity index (χ4v) is 5.84. The molecule has 0 spiro atoms. The average Bonchev–Trinajstić information content (AvgIpc) is 3.04. The summed E-state index contributed by atoms with van der Waals surface area (Å²) in [6.45, 7) is 3.56. The lowest BCUT2D eigenvalue weighted by Crippen LogP contribution is -2.60. The molecule has 0 aromatic heterocycles. The van der Waals surface area contributed by atoms with Crippen LogP contribution in [0.5, 0.6) is 0 Å². The number of carbonyl (C=O) groups is 2. The van der Waals surface area contributed by atoms with Gasteiger partial charge in [0.25, 0.3) is 10.1 Å². The van der Waals surface area contributed by atoms with E-state index >= 15 is 0 Å². The SMILES string of the molecule is CCC/C=C\CCCCCCCC(=O)OCC(COC1OC(CS(=O)(=O)O)C(O)C(O)C1O)OC(=O)CCCCCCC/C=C\CCC. The average molecular weight is 707 g/mol. The Hall–Kier alpha value is -1.87. The minimum absolute atomic E-state index is 0.152. The number of unbranched alkanes of at least 4 members (excludes halogenated alkanes) is 12. The first-order valence-electron chi connectivity index (χ1n) is 17.9. The molecule has 0 aromatic carbocycles. The van der Waals surface area contributed by atoms with E-state index in [1.54, 1.807) is 0 Å². The second-order valence-electron chi connectivity index (χ2n) is 12.5. The smallest absolute Gasteiger partial charge is 0.306 e. The topological polar surface area (TPSA) is 186 Å². The van der Waals surface area contributed by atoms with Crippen LogP contribution in [0.3, 0.4) is 0 Å². The van der Waals surface area contributed by atoms with Crippen LogP contribution in [0, 0.1) is 0 Å². The first-order chi connectivity index (χ1) is 23.0. The molecule has 6 atom stereocenters. The first kappa shape index (κ1) is 44.2. The Morgan fingerprint density at radius 2 is 1.19 bits per heavy atom. The maximum absolute atomic E-state index is 12.6. The molecule has 1 rings (SSSR count). The Kier molecular flexibility index (Phi) is 24.8. The van der Waals surface area contributed by atoms with E-state index in [1.807, 2.05) is 0 Å². The fraction of sp³-hybridized carbons (Fsp3) is 0.829. The van der Waals surface area contributed by atoms with Gasteiger partial charge in [-0.3, -0.25) is 14.1 Å². The molecule has 6 unspecified atom stereocenters. The van der Waals surface area contributed by atoms with E-state index in [-0.39, 0.29) is 19.4 Å². The predicted molar refractivity (Wildman–Crippen MR) is 183 cm³/mol. The van der Waals surface area contributed by atoms with Gasteiger partial charge in [0.05, 0.1) is 6.61 Å². The summed E-state index contributed by atoms with van der Waals surface area (Å²) in [5.74, 6) is -2.01. The summed E-state index contributed by atoms with van der Waals surface area (Å²) in [5.41, 5.74) is 0. The van der Waals surface area contributed by atoms with Gasteiger partial charge in [-0.25, -0.2) is 0 Å². The van der Waals surface area contributed by atoms with Crippen molar-refractivity contribution in [2.75, 3.05) is 19.0 Å². The molecule has 1 saturated heterocycles. The van der Waals surface area contributed by atoms with Gasteiger partial charge >= 0.3 is 11.9 Å². The summed E-state index contributed by atoms with van der Waals surface area (Å²) in [6, 6.07) is 0. The highest BCUT2D eigenvalue weighted by atomic mass is 32.2. The lowest BCUT2D eigenvalue weighted by Gasteiger charge is -2.40. The van der Waals surface area contributed by atoms with Crippen molar-refractivity contribution in [1.82, 2.24) is 0 Å². The molecule has 48 heavy (non-hydrogen) atoms. The van der Waals surface area contributed by atoms with E-state index in [2.05, 4.69) is 38.2 Å². The number of hydrogen-bond donors (Lipinski definition) is 4. The Bertz CT molecular complexity index is 1020. The van der Waals surface area contributed by atoms with E-state index < -0.39 is 71.2 Å². The van der Waals surface area contributed by atoms with Crippen LogP contribution in [0.1, 0.15) is 129 Å².